The lowest BCUT2D eigenvalue weighted by molar-refractivity contribution is -0.124. The summed E-state index contributed by atoms with van der Waals surface area (Å²) in [5.74, 6) is -2.43. The van der Waals surface area contributed by atoms with E-state index >= 15 is 0 Å². The van der Waals surface area contributed by atoms with Crippen LogP contribution in [0.1, 0.15) is 18.6 Å². The van der Waals surface area contributed by atoms with E-state index < -0.39 is 39.3 Å². The second kappa shape index (κ2) is 9.01. The van der Waals surface area contributed by atoms with E-state index in [9.17, 15) is 22.7 Å². The number of amides is 1. The summed E-state index contributed by atoms with van der Waals surface area (Å²) in [6, 6.07) is 9.14. The van der Waals surface area contributed by atoms with E-state index in [1.54, 1.807) is 18.2 Å². The third kappa shape index (κ3) is 5.65. The first-order chi connectivity index (χ1) is 12.6. The van der Waals surface area contributed by atoms with Crippen LogP contribution in [0.2, 0.25) is 10.0 Å². The van der Waals surface area contributed by atoms with Gasteiger partial charge in [-0.2, -0.15) is 0 Å². The van der Waals surface area contributed by atoms with Gasteiger partial charge < -0.3 is 10.4 Å². The highest BCUT2D eigenvalue weighted by Crippen LogP contribution is 2.29. The van der Waals surface area contributed by atoms with Gasteiger partial charge in [-0.25, -0.2) is 12.8 Å². The molecule has 2 aromatic carbocycles. The number of carbonyl (C=O) groups excluding carboxylic acids is 1. The van der Waals surface area contributed by atoms with Gasteiger partial charge in [0.2, 0.25) is 5.91 Å². The Morgan fingerprint density at radius 2 is 1.70 bits per heavy atom. The molecule has 0 saturated heterocycles. The van der Waals surface area contributed by atoms with Gasteiger partial charge in [0.05, 0.1) is 16.8 Å². The lowest BCUT2D eigenvalue weighted by Gasteiger charge is -2.17. The van der Waals surface area contributed by atoms with E-state index in [4.69, 9.17) is 23.2 Å². The molecule has 0 aliphatic rings. The number of hydrogen-bond donors (Lipinski definition) is 2. The van der Waals surface area contributed by atoms with Crippen molar-refractivity contribution in [2.24, 2.45) is 5.92 Å². The van der Waals surface area contributed by atoms with Gasteiger partial charge in [0.15, 0.2) is 9.84 Å². The van der Waals surface area contributed by atoms with Crippen molar-refractivity contribution in [3.63, 3.8) is 0 Å². The molecular formula is C18H18Cl2FNO4S. The summed E-state index contributed by atoms with van der Waals surface area (Å²) in [4.78, 5) is 12.1. The molecule has 0 aromatic heterocycles. The Morgan fingerprint density at radius 3 is 2.26 bits per heavy atom. The van der Waals surface area contributed by atoms with Gasteiger partial charge >= 0.3 is 0 Å². The van der Waals surface area contributed by atoms with Crippen molar-refractivity contribution in [3.8, 4) is 0 Å². The van der Waals surface area contributed by atoms with E-state index in [1.165, 1.54) is 6.92 Å². The lowest BCUT2D eigenvalue weighted by atomic mass is 10.1. The summed E-state index contributed by atoms with van der Waals surface area (Å²) < 4.78 is 37.6. The number of sulfone groups is 1. The first-order valence-corrected chi connectivity index (χ1v) is 10.4. The summed E-state index contributed by atoms with van der Waals surface area (Å²) in [5.41, 5.74) is 0.285. The standard InChI is InChI=1S/C18H18Cl2FNO4S/c1-11(10-27(25,26)13-7-5-12(21)6-8-13)18(24)22-9-16(23)17-14(19)3-2-4-15(17)20/h2-8,11,16,23H,9-10H2,1H3,(H,22,24)/t11-,16-/m0/s1. The van der Waals surface area contributed by atoms with Crippen LogP contribution in [0.4, 0.5) is 4.39 Å². The summed E-state index contributed by atoms with van der Waals surface area (Å²) >= 11 is 12.0. The zero-order valence-corrected chi connectivity index (χ0v) is 16.7. The maximum atomic E-state index is 12.9. The molecule has 2 rings (SSSR count). The fraction of sp³-hybridized carbons (Fsp3) is 0.278. The van der Waals surface area contributed by atoms with Crippen LogP contribution < -0.4 is 5.32 Å². The van der Waals surface area contributed by atoms with Crippen LogP contribution in [0.25, 0.3) is 0 Å². The Labute approximate surface area is 167 Å². The molecule has 146 valence electrons. The topological polar surface area (TPSA) is 83.5 Å². The van der Waals surface area contributed by atoms with E-state index in [0.29, 0.717) is 0 Å². The number of hydrogen-bond acceptors (Lipinski definition) is 4. The molecule has 0 saturated carbocycles. The SMILES string of the molecule is C[C@@H](CS(=O)(=O)c1ccc(F)cc1)C(=O)NC[C@H](O)c1c(Cl)cccc1Cl. The number of nitrogens with one attached hydrogen (secondary N) is 1. The Bertz CT molecular complexity index is 899. The van der Waals surface area contributed by atoms with Crippen molar-refractivity contribution in [3.05, 3.63) is 63.9 Å². The number of carbonyl (C=O) groups is 1. The van der Waals surface area contributed by atoms with Gasteiger partial charge in [-0.1, -0.05) is 36.2 Å². The Balaban J connectivity index is 1.98. The largest absolute Gasteiger partial charge is 0.386 e. The van der Waals surface area contributed by atoms with Crippen molar-refractivity contribution in [2.45, 2.75) is 17.9 Å². The molecule has 1 amide bonds. The average Bonchev–Trinajstić information content (AvgIpc) is 2.59. The number of rotatable bonds is 7. The zero-order chi connectivity index (χ0) is 20.2. The minimum absolute atomic E-state index is 0.0635. The van der Waals surface area contributed by atoms with Crippen molar-refractivity contribution >= 4 is 38.9 Å². The molecule has 0 fully saturated rings. The van der Waals surface area contributed by atoms with Crippen molar-refractivity contribution < 1.29 is 22.7 Å². The predicted molar refractivity (Wildman–Crippen MR) is 102 cm³/mol. The minimum Gasteiger partial charge on any atom is -0.386 e. The van der Waals surface area contributed by atoms with Gasteiger partial charge in [-0.3, -0.25) is 4.79 Å². The predicted octanol–water partition coefficient (Wildman–Crippen LogP) is 3.39. The number of halogens is 3. The van der Waals surface area contributed by atoms with Crippen LogP contribution in [-0.4, -0.2) is 31.7 Å². The third-order valence-electron chi connectivity index (χ3n) is 3.89. The summed E-state index contributed by atoms with van der Waals surface area (Å²) in [5, 5.41) is 13.2. The van der Waals surface area contributed by atoms with Gasteiger partial charge in [0, 0.05) is 28.1 Å². The summed E-state index contributed by atoms with van der Waals surface area (Å²) in [6.07, 6.45) is -1.14. The molecule has 0 unspecified atom stereocenters. The molecule has 0 spiro atoms. The lowest BCUT2D eigenvalue weighted by Crippen LogP contribution is -2.35. The first kappa shape index (κ1) is 21.6. The molecule has 2 atom stereocenters. The molecule has 0 aliphatic heterocycles. The van der Waals surface area contributed by atoms with Crippen LogP contribution in [0.3, 0.4) is 0 Å². The highest BCUT2D eigenvalue weighted by Gasteiger charge is 2.24. The molecule has 0 aliphatic carbocycles. The molecule has 0 radical (unpaired) electrons. The molecule has 0 heterocycles. The zero-order valence-electron chi connectivity index (χ0n) is 14.3. The smallest absolute Gasteiger partial charge is 0.223 e. The van der Waals surface area contributed by atoms with Crippen molar-refractivity contribution in [1.82, 2.24) is 5.32 Å². The second-order valence-corrected chi connectivity index (χ2v) is 8.88. The summed E-state index contributed by atoms with van der Waals surface area (Å²) in [7, 11) is -3.76. The van der Waals surface area contributed by atoms with Gasteiger partial charge in [0.1, 0.15) is 5.82 Å². The summed E-state index contributed by atoms with van der Waals surface area (Å²) in [6.45, 7) is 1.27. The van der Waals surface area contributed by atoms with Crippen LogP contribution in [0.15, 0.2) is 47.4 Å². The fourth-order valence-electron chi connectivity index (χ4n) is 2.45. The van der Waals surface area contributed by atoms with Crippen LogP contribution in [0.5, 0.6) is 0 Å². The van der Waals surface area contributed by atoms with Gasteiger partial charge in [-0.05, 0) is 36.4 Å². The number of aliphatic hydroxyl groups is 1. The number of aliphatic hydroxyl groups excluding tert-OH is 1. The van der Waals surface area contributed by atoms with Crippen LogP contribution in [-0.2, 0) is 14.6 Å². The Hall–Kier alpha value is -1.67. The van der Waals surface area contributed by atoms with Crippen LogP contribution >= 0.6 is 23.2 Å². The minimum atomic E-state index is -3.76. The second-order valence-electron chi connectivity index (χ2n) is 6.03. The highest BCUT2D eigenvalue weighted by molar-refractivity contribution is 7.91. The number of benzene rings is 2. The molecule has 5 nitrogen and oxygen atoms in total. The highest BCUT2D eigenvalue weighted by atomic mass is 35.5. The monoisotopic (exact) mass is 433 g/mol. The molecule has 0 bridgehead atoms. The molecule has 2 aromatic rings. The van der Waals surface area contributed by atoms with E-state index in [0.717, 1.165) is 24.3 Å². The van der Waals surface area contributed by atoms with E-state index in [2.05, 4.69) is 5.32 Å². The maximum Gasteiger partial charge on any atom is 0.223 e. The molecule has 27 heavy (non-hydrogen) atoms. The maximum absolute atomic E-state index is 12.9. The van der Waals surface area contributed by atoms with E-state index in [-0.39, 0.29) is 27.0 Å². The molecule has 9 heteroatoms. The van der Waals surface area contributed by atoms with Gasteiger partial charge in [-0.15, -0.1) is 0 Å². The molecule has 2 N–H and O–H groups in total. The Kier molecular flexibility index (Phi) is 7.22. The molecular weight excluding hydrogens is 416 g/mol. The fourth-order valence-corrected chi connectivity index (χ4v) is 4.65. The third-order valence-corrected chi connectivity index (χ3v) is 6.48. The first-order valence-electron chi connectivity index (χ1n) is 8.00. The quantitative estimate of drug-likeness (QED) is 0.655. The Morgan fingerprint density at radius 1 is 1.15 bits per heavy atom. The van der Waals surface area contributed by atoms with Gasteiger partial charge in [0.25, 0.3) is 0 Å². The van der Waals surface area contributed by atoms with Crippen LogP contribution in [0, 0.1) is 11.7 Å². The average molecular weight is 434 g/mol. The van der Waals surface area contributed by atoms with E-state index in [1.807, 2.05) is 0 Å². The van der Waals surface area contributed by atoms with Crippen molar-refractivity contribution in [1.29, 1.82) is 0 Å². The van der Waals surface area contributed by atoms with Crippen molar-refractivity contribution in [2.75, 3.05) is 12.3 Å². The normalized spacial score (nSPS) is 13.8.